The van der Waals surface area contributed by atoms with Crippen LogP contribution >= 0.6 is 12.2 Å². The minimum absolute atomic E-state index is 0.0947. The number of thiocarbonyl (C=S) groups is 1. The van der Waals surface area contributed by atoms with Crippen LogP contribution in [0, 0.1) is 0 Å². The van der Waals surface area contributed by atoms with Crippen molar-refractivity contribution in [3.63, 3.8) is 0 Å². The lowest BCUT2D eigenvalue weighted by atomic mass is 10.1. The Morgan fingerprint density at radius 2 is 1.93 bits per heavy atom. The molecule has 30 heavy (non-hydrogen) atoms. The van der Waals surface area contributed by atoms with E-state index in [0.717, 1.165) is 55.8 Å². The van der Waals surface area contributed by atoms with Crippen molar-refractivity contribution >= 4 is 28.2 Å². The number of methoxy groups -OCH3 is 2. The first-order chi connectivity index (χ1) is 14.5. The lowest BCUT2D eigenvalue weighted by Gasteiger charge is -2.29. The Morgan fingerprint density at radius 1 is 1.17 bits per heavy atom. The molecule has 0 unspecified atom stereocenters. The van der Waals surface area contributed by atoms with E-state index in [1.54, 1.807) is 14.2 Å². The van der Waals surface area contributed by atoms with Crippen molar-refractivity contribution in [1.82, 2.24) is 20.1 Å². The molecular formula is C22H34N4O3S. The summed E-state index contributed by atoms with van der Waals surface area (Å²) >= 11 is 5.65. The van der Waals surface area contributed by atoms with Gasteiger partial charge in [0.05, 0.1) is 13.7 Å². The Bertz CT molecular complexity index is 867. The molecule has 166 valence electrons. The van der Waals surface area contributed by atoms with Gasteiger partial charge in [-0.1, -0.05) is 13.8 Å². The standard InChI is InChI=1S/C22H34N4O3S/c1-5-25(6-2)11-12-26(22(30)23-10-7-13-28-3)16-18-14-17-15-19(29-4)8-9-20(17)24-21(18)27/h8-9,14-15H,5-7,10-13,16H2,1-4H3,(H,23,30)(H,24,27). The van der Waals surface area contributed by atoms with Crippen molar-refractivity contribution in [3.8, 4) is 5.75 Å². The van der Waals surface area contributed by atoms with Crippen LogP contribution in [0.4, 0.5) is 0 Å². The molecule has 0 aliphatic rings. The smallest absolute Gasteiger partial charge is 0.253 e. The fourth-order valence-corrected chi connectivity index (χ4v) is 3.52. The lowest BCUT2D eigenvalue weighted by molar-refractivity contribution is 0.195. The molecule has 1 aromatic carbocycles. The van der Waals surface area contributed by atoms with Crippen LogP contribution < -0.4 is 15.6 Å². The minimum atomic E-state index is -0.0947. The molecule has 8 heteroatoms. The van der Waals surface area contributed by atoms with Gasteiger partial charge < -0.3 is 29.6 Å². The predicted octanol–water partition coefficient (Wildman–Crippen LogP) is 2.59. The molecule has 0 saturated carbocycles. The summed E-state index contributed by atoms with van der Waals surface area (Å²) in [7, 11) is 3.33. The summed E-state index contributed by atoms with van der Waals surface area (Å²) in [5.41, 5.74) is 1.37. The Balaban J connectivity index is 2.21. The normalized spacial score (nSPS) is 11.1. The van der Waals surface area contributed by atoms with Gasteiger partial charge in [0.2, 0.25) is 0 Å². The van der Waals surface area contributed by atoms with Crippen LogP contribution in [-0.2, 0) is 11.3 Å². The number of aromatic amines is 1. The van der Waals surface area contributed by atoms with E-state index in [4.69, 9.17) is 21.7 Å². The van der Waals surface area contributed by atoms with Crippen molar-refractivity contribution in [2.75, 3.05) is 53.6 Å². The number of hydrogen-bond acceptors (Lipinski definition) is 5. The van der Waals surface area contributed by atoms with E-state index in [-0.39, 0.29) is 5.56 Å². The van der Waals surface area contributed by atoms with Crippen molar-refractivity contribution in [3.05, 3.63) is 40.2 Å². The SMILES string of the molecule is CCN(CC)CCN(Cc1cc2cc(OC)ccc2[nH]c1=O)C(=S)NCCCOC. The Morgan fingerprint density at radius 3 is 2.60 bits per heavy atom. The van der Waals surface area contributed by atoms with E-state index >= 15 is 0 Å². The van der Waals surface area contributed by atoms with Gasteiger partial charge in [0, 0.05) is 49.8 Å². The first-order valence-corrected chi connectivity index (χ1v) is 10.9. The fraction of sp³-hybridized carbons (Fsp3) is 0.545. The van der Waals surface area contributed by atoms with Crippen molar-refractivity contribution < 1.29 is 9.47 Å². The molecule has 0 aliphatic heterocycles. The number of rotatable bonds is 12. The highest BCUT2D eigenvalue weighted by Crippen LogP contribution is 2.19. The largest absolute Gasteiger partial charge is 0.497 e. The molecule has 2 N–H and O–H groups in total. The maximum absolute atomic E-state index is 12.7. The lowest BCUT2D eigenvalue weighted by Crippen LogP contribution is -2.44. The second-order valence-corrected chi connectivity index (χ2v) is 7.49. The number of benzene rings is 1. The number of hydrogen-bond donors (Lipinski definition) is 2. The van der Waals surface area contributed by atoms with E-state index in [1.165, 1.54) is 0 Å². The molecule has 0 spiro atoms. The first-order valence-electron chi connectivity index (χ1n) is 10.5. The molecule has 0 radical (unpaired) electrons. The number of aromatic nitrogens is 1. The van der Waals surface area contributed by atoms with E-state index in [1.807, 2.05) is 24.3 Å². The summed E-state index contributed by atoms with van der Waals surface area (Å²) in [5, 5.41) is 4.89. The van der Waals surface area contributed by atoms with Crippen LogP contribution in [0.25, 0.3) is 10.9 Å². The Hall–Kier alpha value is -2.16. The van der Waals surface area contributed by atoms with E-state index in [2.05, 4.69) is 33.9 Å². The molecule has 0 atom stereocenters. The molecular weight excluding hydrogens is 400 g/mol. The molecule has 0 aliphatic carbocycles. The molecule has 0 amide bonds. The number of likely N-dealkylation sites (N-methyl/N-ethyl adjacent to an activating group) is 1. The summed E-state index contributed by atoms with van der Waals surface area (Å²) < 4.78 is 10.4. The van der Waals surface area contributed by atoms with Crippen LogP contribution in [-0.4, -0.2) is 73.4 Å². The van der Waals surface area contributed by atoms with Crippen LogP contribution in [0.1, 0.15) is 25.8 Å². The fourth-order valence-electron chi connectivity index (χ4n) is 3.26. The van der Waals surface area contributed by atoms with Crippen LogP contribution in [0.3, 0.4) is 0 Å². The molecule has 2 rings (SSSR count). The number of pyridine rings is 1. The summed E-state index contributed by atoms with van der Waals surface area (Å²) in [4.78, 5) is 20.1. The minimum Gasteiger partial charge on any atom is -0.497 e. The van der Waals surface area contributed by atoms with Gasteiger partial charge in [-0.25, -0.2) is 0 Å². The summed E-state index contributed by atoms with van der Waals surface area (Å²) in [6, 6.07) is 7.55. The van der Waals surface area contributed by atoms with E-state index in [0.29, 0.717) is 23.8 Å². The second kappa shape index (κ2) is 12.5. The molecule has 0 saturated heterocycles. The predicted molar refractivity (Wildman–Crippen MR) is 126 cm³/mol. The topological polar surface area (TPSA) is 69.8 Å². The molecule has 0 fully saturated rings. The zero-order chi connectivity index (χ0) is 21.9. The molecule has 1 heterocycles. The molecule has 0 bridgehead atoms. The zero-order valence-electron chi connectivity index (χ0n) is 18.5. The maximum Gasteiger partial charge on any atom is 0.253 e. The highest BCUT2D eigenvalue weighted by molar-refractivity contribution is 7.80. The quantitative estimate of drug-likeness (QED) is 0.393. The summed E-state index contributed by atoms with van der Waals surface area (Å²) in [6.45, 7) is 9.75. The van der Waals surface area contributed by atoms with Gasteiger partial charge in [-0.3, -0.25) is 4.79 Å². The highest BCUT2D eigenvalue weighted by Gasteiger charge is 2.14. The van der Waals surface area contributed by atoms with Crippen molar-refractivity contribution in [2.24, 2.45) is 0 Å². The van der Waals surface area contributed by atoms with Crippen LogP contribution in [0.2, 0.25) is 0 Å². The van der Waals surface area contributed by atoms with Gasteiger partial charge in [0.25, 0.3) is 5.56 Å². The van der Waals surface area contributed by atoms with Crippen LogP contribution in [0.5, 0.6) is 5.75 Å². The molecule has 7 nitrogen and oxygen atoms in total. The van der Waals surface area contributed by atoms with Gasteiger partial charge >= 0.3 is 0 Å². The number of nitrogens with zero attached hydrogens (tertiary/aromatic N) is 2. The number of H-pyrrole nitrogens is 1. The van der Waals surface area contributed by atoms with Gasteiger partial charge in [-0.15, -0.1) is 0 Å². The monoisotopic (exact) mass is 434 g/mol. The average molecular weight is 435 g/mol. The number of ether oxygens (including phenoxy) is 2. The van der Waals surface area contributed by atoms with Gasteiger partial charge in [-0.05, 0) is 56.0 Å². The highest BCUT2D eigenvalue weighted by atomic mass is 32.1. The van der Waals surface area contributed by atoms with E-state index < -0.39 is 0 Å². The van der Waals surface area contributed by atoms with Crippen molar-refractivity contribution in [2.45, 2.75) is 26.8 Å². The van der Waals surface area contributed by atoms with Crippen molar-refractivity contribution in [1.29, 1.82) is 0 Å². The average Bonchev–Trinajstić information content (AvgIpc) is 2.76. The zero-order valence-corrected chi connectivity index (χ0v) is 19.3. The third-order valence-electron chi connectivity index (χ3n) is 5.16. The number of fused-ring (bicyclic) bond motifs is 1. The molecule has 2 aromatic rings. The summed E-state index contributed by atoms with van der Waals surface area (Å²) in [6.07, 6.45) is 0.872. The molecule has 1 aromatic heterocycles. The van der Waals surface area contributed by atoms with Gasteiger partial charge in [-0.2, -0.15) is 0 Å². The maximum atomic E-state index is 12.7. The second-order valence-electron chi connectivity index (χ2n) is 7.10. The number of nitrogens with one attached hydrogen (secondary N) is 2. The van der Waals surface area contributed by atoms with Gasteiger partial charge in [0.1, 0.15) is 5.75 Å². The van der Waals surface area contributed by atoms with Crippen LogP contribution in [0.15, 0.2) is 29.1 Å². The Kier molecular flexibility index (Phi) is 10.1. The summed E-state index contributed by atoms with van der Waals surface area (Å²) in [5.74, 6) is 0.759. The first kappa shape index (κ1) is 24.1. The Labute approximate surface area is 184 Å². The third-order valence-corrected chi connectivity index (χ3v) is 5.56. The van der Waals surface area contributed by atoms with Gasteiger partial charge in [0.15, 0.2) is 5.11 Å². The third kappa shape index (κ3) is 6.97. The van der Waals surface area contributed by atoms with E-state index in [9.17, 15) is 4.79 Å².